The van der Waals surface area contributed by atoms with Crippen LogP contribution in [0, 0.1) is 0 Å². The van der Waals surface area contributed by atoms with Crippen molar-refractivity contribution in [1.82, 2.24) is 9.55 Å². The minimum atomic E-state index is 0.418. The number of benzene rings is 2. The molecule has 0 spiro atoms. The third-order valence-electron chi connectivity index (χ3n) is 4.87. The topological polar surface area (TPSA) is 36.3 Å². The average Bonchev–Trinajstić information content (AvgIpc) is 3.08. The van der Waals surface area contributed by atoms with Gasteiger partial charge in [-0.15, -0.1) is 0 Å². The number of fused-ring (bicyclic) bond motifs is 1. The Morgan fingerprint density at radius 2 is 1.89 bits per heavy atom. The predicted molar refractivity (Wildman–Crippen MR) is 116 cm³/mol. The van der Waals surface area contributed by atoms with E-state index in [2.05, 4.69) is 29.7 Å². The number of aromatic nitrogens is 2. The van der Waals surface area contributed by atoms with E-state index in [0.717, 1.165) is 41.4 Å². The number of ether oxygens (including phenoxy) is 2. The zero-order chi connectivity index (χ0) is 19.8. The van der Waals surface area contributed by atoms with Gasteiger partial charge in [0.2, 0.25) is 0 Å². The summed E-state index contributed by atoms with van der Waals surface area (Å²) in [5, 5.41) is 0. The van der Waals surface area contributed by atoms with Crippen LogP contribution in [0.1, 0.15) is 50.9 Å². The first-order chi connectivity index (χ1) is 13.8. The summed E-state index contributed by atoms with van der Waals surface area (Å²) < 4.78 is 13.9. The molecule has 3 aromatic rings. The Kier molecular flexibility index (Phi) is 7.12. The van der Waals surface area contributed by atoms with Gasteiger partial charge >= 0.3 is 0 Å². The highest BCUT2D eigenvalue weighted by Crippen LogP contribution is 2.29. The minimum Gasteiger partial charge on any atom is -0.493 e. The maximum Gasteiger partial charge on any atom is 0.161 e. The maximum absolute atomic E-state index is 6.11. The summed E-state index contributed by atoms with van der Waals surface area (Å²) in [4.78, 5) is 4.82. The van der Waals surface area contributed by atoms with E-state index in [4.69, 9.17) is 14.5 Å². The third kappa shape index (κ3) is 4.75. The Hall–Kier alpha value is -2.75. The van der Waals surface area contributed by atoms with Crippen molar-refractivity contribution in [2.24, 2.45) is 0 Å². The van der Waals surface area contributed by atoms with Gasteiger partial charge in [-0.05, 0) is 43.2 Å². The second-order valence-corrected chi connectivity index (χ2v) is 6.93. The van der Waals surface area contributed by atoms with Crippen LogP contribution in [-0.2, 0) is 13.2 Å². The van der Waals surface area contributed by atoms with E-state index < -0.39 is 0 Å². The fourth-order valence-electron chi connectivity index (χ4n) is 3.42. The summed E-state index contributed by atoms with van der Waals surface area (Å²) >= 11 is 0. The molecular weight excluding hydrogens is 348 g/mol. The molecule has 4 nitrogen and oxygen atoms in total. The van der Waals surface area contributed by atoms with Crippen molar-refractivity contribution in [2.45, 2.75) is 52.7 Å². The van der Waals surface area contributed by atoms with Crippen molar-refractivity contribution in [3.05, 3.63) is 59.9 Å². The van der Waals surface area contributed by atoms with Crippen molar-refractivity contribution in [3.8, 4) is 11.5 Å². The monoisotopic (exact) mass is 378 g/mol. The summed E-state index contributed by atoms with van der Waals surface area (Å²) in [6.45, 7) is 5.63. The number of unbranched alkanes of at least 4 members (excludes halogenated alkanes) is 3. The quantitative estimate of drug-likeness (QED) is 0.392. The summed E-state index contributed by atoms with van der Waals surface area (Å²) in [5.74, 6) is 2.43. The largest absolute Gasteiger partial charge is 0.493 e. The van der Waals surface area contributed by atoms with Crippen LogP contribution in [0.3, 0.4) is 0 Å². The molecule has 0 amide bonds. The summed E-state index contributed by atoms with van der Waals surface area (Å²) in [5.41, 5.74) is 3.29. The molecule has 0 aliphatic carbocycles. The van der Waals surface area contributed by atoms with Gasteiger partial charge in [0, 0.05) is 6.54 Å². The molecule has 0 N–H and O–H groups in total. The van der Waals surface area contributed by atoms with Crippen LogP contribution in [0.15, 0.2) is 48.5 Å². The molecule has 3 rings (SSSR count). The van der Waals surface area contributed by atoms with Crippen LogP contribution in [-0.4, -0.2) is 16.7 Å². The zero-order valence-corrected chi connectivity index (χ0v) is 17.1. The number of para-hydroxylation sites is 2. The van der Waals surface area contributed by atoms with E-state index in [1.165, 1.54) is 24.8 Å². The lowest BCUT2D eigenvalue weighted by Gasteiger charge is -2.13. The summed E-state index contributed by atoms with van der Waals surface area (Å²) in [7, 11) is 1.67. The first-order valence-corrected chi connectivity index (χ1v) is 10.1. The van der Waals surface area contributed by atoms with Crippen LogP contribution in [0.25, 0.3) is 17.1 Å². The van der Waals surface area contributed by atoms with Gasteiger partial charge in [-0.2, -0.15) is 0 Å². The Morgan fingerprint density at radius 3 is 2.68 bits per heavy atom. The van der Waals surface area contributed by atoms with Gasteiger partial charge in [0.15, 0.2) is 11.5 Å². The molecule has 148 valence electrons. The molecule has 0 aliphatic rings. The Labute approximate surface area is 167 Å². The molecule has 0 saturated carbocycles. The number of aryl methyl sites for hydroxylation is 1. The van der Waals surface area contributed by atoms with Crippen molar-refractivity contribution >= 4 is 17.1 Å². The molecule has 4 heteroatoms. The molecule has 28 heavy (non-hydrogen) atoms. The molecule has 0 saturated heterocycles. The van der Waals surface area contributed by atoms with Crippen molar-refractivity contribution in [3.63, 3.8) is 0 Å². The van der Waals surface area contributed by atoms with Crippen molar-refractivity contribution in [1.29, 1.82) is 0 Å². The van der Waals surface area contributed by atoms with E-state index in [0.29, 0.717) is 6.61 Å². The van der Waals surface area contributed by atoms with Gasteiger partial charge in [0.25, 0.3) is 0 Å². The molecular formula is C24H30N2O2. The number of methoxy groups -OCH3 is 1. The Balaban J connectivity index is 1.80. The number of imidazole rings is 1. The van der Waals surface area contributed by atoms with Gasteiger partial charge in [0.05, 0.1) is 18.1 Å². The number of nitrogens with zero attached hydrogens (tertiary/aromatic N) is 2. The predicted octanol–water partition coefficient (Wildman–Crippen LogP) is 6.24. The van der Waals surface area contributed by atoms with Gasteiger partial charge in [-0.1, -0.05) is 56.5 Å². The zero-order valence-electron chi connectivity index (χ0n) is 17.1. The number of rotatable bonds is 10. The smallest absolute Gasteiger partial charge is 0.161 e. The molecule has 1 aromatic heterocycles. The second-order valence-electron chi connectivity index (χ2n) is 6.93. The third-order valence-corrected chi connectivity index (χ3v) is 4.87. The second kappa shape index (κ2) is 9.98. The van der Waals surface area contributed by atoms with E-state index in [-0.39, 0.29) is 0 Å². The molecule has 1 heterocycles. The lowest BCUT2D eigenvalue weighted by molar-refractivity contribution is 0.271. The van der Waals surface area contributed by atoms with Gasteiger partial charge in [-0.3, -0.25) is 0 Å². The van der Waals surface area contributed by atoms with Crippen molar-refractivity contribution in [2.75, 3.05) is 7.11 Å². The normalized spacial score (nSPS) is 11.4. The Morgan fingerprint density at radius 1 is 1.04 bits per heavy atom. The minimum absolute atomic E-state index is 0.418. The first-order valence-electron chi connectivity index (χ1n) is 10.1. The lowest BCUT2D eigenvalue weighted by Crippen LogP contribution is -2.08. The van der Waals surface area contributed by atoms with Crippen LogP contribution in [0.5, 0.6) is 11.5 Å². The average molecular weight is 379 g/mol. The molecule has 0 atom stereocenters. The van der Waals surface area contributed by atoms with Crippen LogP contribution < -0.4 is 9.47 Å². The Bertz CT molecular complexity index is 927. The molecule has 0 bridgehead atoms. The summed E-state index contributed by atoms with van der Waals surface area (Å²) in [6.07, 6.45) is 8.96. The highest BCUT2D eigenvalue weighted by Gasteiger charge is 2.12. The fourth-order valence-corrected chi connectivity index (χ4v) is 3.42. The molecule has 2 aromatic carbocycles. The lowest BCUT2D eigenvalue weighted by atomic mass is 10.2. The molecule has 0 aliphatic heterocycles. The van der Waals surface area contributed by atoms with Gasteiger partial charge in [0.1, 0.15) is 12.4 Å². The van der Waals surface area contributed by atoms with E-state index in [1.807, 2.05) is 43.3 Å². The standard InChI is InChI=1S/C24H30N2O2/c1-4-6-7-10-16-26-21-13-9-8-12-20(21)25-24(26)18-28-22-15-14-19(11-5-2)17-23(22)27-3/h5,8-9,11-15,17H,4,6-7,10,16,18H2,1-3H3/b11-5-. The van der Waals surface area contributed by atoms with E-state index in [9.17, 15) is 0 Å². The van der Waals surface area contributed by atoms with Gasteiger partial charge in [-0.25, -0.2) is 4.98 Å². The maximum atomic E-state index is 6.11. The van der Waals surface area contributed by atoms with Crippen molar-refractivity contribution < 1.29 is 9.47 Å². The van der Waals surface area contributed by atoms with Gasteiger partial charge < -0.3 is 14.0 Å². The number of allylic oxidation sites excluding steroid dienone is 1. The first kappa shape index (κ1) is 20.0. The molecule has 0 unspecified atom stereocenters. The molecule has 0 radical (unpaired) electrons. The molecule has 0 fully saturated rings. The van der Waals surface area contributed by atoms with E-state index in [1.54, 1.807) is 7.11 Å². The van der Waals surface area contributed by atoms with Crippen LogP contribution in [0.4, 0.5) is 0 Å². The summed E-state index contributed by atoms with van der Waals surface area (Å²) in [6, 6.07) is 14.3. The number of hydrogen-bond donors (Lipinski definition) is 0. The van der Waals surface area contributed by atoms with Crippen LogP contribution >= 0.6 is 0 Å². The number of hydrogen-bond acceptors (Lipinski definition) is 3. The fraction of sp³-hybridized carbons (Fsp3) is 0.375. The van der Waals surface area contributed by atoms with E-state index >= 15 is 0 Å². The van der Waals surface area contributed by atoms with Crippen LogP contribution in [0.2, 0.25) is 0 Å². The highest BCUT2D eigenvalue weighted by atomic mass is 16.5. The highest BCUT2D eigenvalue weighted by molar-refractivity contribution is 5.75. The SMILES string of the molecule is C/C=C\c1ccc(OCc2nc3ccccc3n2CCCCCC)c(OC)c1.